The van der Waals surface area contributed by atoms with Crippen LogP contribution >= 0.6 is 11.6 Å². The molecule has 0 spiro atoms. The van der Waals surface area contributed by atoms with Gasteiger partial charge in [-0.05, 0) is 12.1 Å². The fourth-order valence-corrected chi connectivity index (χ4v) is 1.69. The molecule has 2 rings (SSSR count). The van der Waals surface area contributed by atoms with Gasteiger partial charge in [0.05, 0.1) is 15.9 Å². The molecule has 1 heterocycles. The molecule has 0 aliphatic heterocycles. The van der Waals surface area contributed by atoms with Crippen molar-refractivity contribution in [3.05, 3.63) is 45.0 Å². The normalized spacial score (nSPS) is 12.1. The van der Waals surface area contributed by atoms with Gasteiger partial charge in [-0.1, -0.05) is 11.6 Å². The third-order valence-electron chi connectivity index (χ3n) is 2.19. The SMILES string of the molecule is O=c1cc(C(F)(F)F)[nH]c2c(F)ccc(Cl)c12. The van der Waals surface area contributed by atoms with Crippen molar-refractivity contribution in [1.82, 2.24) is 4.98 Å². The van der Waals surface area contributed by atoms with Crippen LogP contribution in [0.25, 0.3) is 10.9 Å². The zero-order chi connectivity index (χ0) is 12.8. The van der Waals surface area contributed by atoms with E-state index in [0.29, 0.717) is 6.07 Å². The van der Waals surface area contributed by atoms with E-state index in [1.807, 2.05) is 4.98 Å². The van der Waals surface area contributed by atoms with Gasteiger partial charge in [-0.25, -0.2) is 4.39 Å². The summed E-state index contributed by atoms with van der Waals surface area (Å²) in [5, 5.41) is -0.393. The maximum absolute atomic E-state index is 13.3. The number of aromatic nitrogens is 1. The van der Waals surface area contributed by atoms with Gasteiger partial charge in [0.1, 0.15) is 11.5 Å². The van der Waals surface area contributed by atoms with Crippen LogP contribution in [0.3, 0.4) is 0 Å². The highest BCUT2D eigenvalue weighted by molar-refractivity contribution is 6.35. The topological polar surface area (TPSA) is 32.9 Å². The summed E-state index contributed by atoms with van der Waals surface area (Å²) in [5.74, 6) is -0.965. The number of H-pyrrole nitrogens is 1. The van der Waals surface area contributed by atoms with Gasteiger partial charge in [0.25, 0.3) is 0 Å². The van der Waals surface area contributed by atoms with Crippen molar-refractivity contribution in [1.29, 1.82) is 0 Å². The van der Waals surface area contributed by atoms with Crippen molar-refractivity contribution in [3.8, 4) is 0 Å². The highest BCUT2D eigenvalue weighted by Crippen LogP contribution is 2.29. The molecule has 0 amide bonds. The zero-order valence-electron chi connectivity index (χ0n) is 8.03. The van der Waals surface area contributed by atoms with Crippen LogP contribution in [0, 0.1) is 5.82 Å². The van der Waals surface area contributed by atoms with E-state index >= 15 is 0 Å². The molecular formula is C10H4ClF4NO. The number of rotatable bonds is 0. The van der Waals surface area contributed by atoms with Gasteiger partial charge in [0.2, 0.25) is 0 Å². The average Bonchev–Trinajstić information content (AvgIpc) is 2.21. The molecule has 0 aliphatic carbocycles. The second-order valence-corrected chi connectivity index (χ2v) is 3.73. The predicted molar refractivity (Wildman–Crippen MR) is 54.5 cm³/mol. The molecule has 90 valence electrons. The van der Waals surface area contributed by atoms with Gasteiger partial charge in [-0.3, -0.25) is 4.79 Å². The first-order chi connectivity index (χ1) is 7.80. The Hall–Kier alpha value is -1.56. The number of fused-ring (bicyclic) bond motifs is 1. The molecule has 1 N–H and O–H groups in total. The van der Waals surface area contributed by atoms with Crippen LogP contribution in [-0.4, -0.2) is 4.98 Å². The van der Waals surface area contributed by atoms with Gasteiger partial charge in [-0.15, -0.1) is 0 Å². The van der Waals surface area contributed by atoms with Crippen molar-refractivity contribution in [3.63, 3.8) is 0 Å². The summed E-state index contributed by atoms with van der Waals surface area (Å²) in [6.45, 7) is 0. The van der Waals surface area contributed by atoms with Crippen LogP contribution in [-0.2, 0) is 6.18 Å². The number of hydrogen-bond donors (Lipinski definition) is 1. The van der Waals surface area contributed by atoms with E-state index in [1.54, 1.807) is 0 Å². The van der Waals surface area contributed by atoms with Gasteiger partial charge >= 0.3 is 6.18 Å². The zero-order valence-corrected chi connectivity index (χ0v) is 8.79. The summed E-state index contributed by atoms with van der Waals surface area (Å²) in [7, 11) is 0. The molecule has 0 bridgehead atoms. The van der Waals surface area contributed by atoms with Gasteiger partial charge in [0.15, 0.2) is 5.43 Å². The van der Waals surface area contributed by atoms with Crippen molar-refractivity contribution in [2.75, 3.05) is 0 Å². The van der Waals surface area contributed by atoms with E-state index in [4.69, 9.17) is 11.6 Å². The summed E-state index contributed by atoms with van der Waals surface area (Å²) in [4.78, 5) is 13.3. The van der Waals surface area contributed by atoms with Crippen molar-refractivity contribution in [2.24, 2.45) is 0 Å². The number of benzene rings is 1. The van der Waals surface area contributed by atoms with Crippen LogP contribution in [0.1, 0.15) is 5.69 Å². The third kappa shape index (κ3) is 2.00. The van der Waals surface area contributed by atoms with E-state index in [9.17, 15) is 22.4 Å². The Morgan fingerprint density at radius 3 is 2.47 bits per heavy atom. The molecule has 0 unspecified atom stereocenters. The Morgan fingerprint density at radius 2 is 1.88 bits per heavy atom. The lowest BCUT2D eigenvalue weighted by Crippen LogP contribution is -2.14. The van der Waals surface area contributed by atoms with E-state index in [2.05, 4.69) is 0 Å². The summed E-state index contributed by atoms with van der Waals surface area (Å²) in [6, 6.07) is 2.36. The number of halogens is 5. The van der Waals surface area contributed by atoms with E-state index in [0.717, 1.165) is 12.1 Å². The van der Waals surface area contributed by atoms with Gasteiger partial charge < -0.3 is 4.98 Å². The lowest BCUT2D eigenvalue weighted by molar-refractivity contribution is -0.141. The molecule has 2 nitrogen and oxygen atoms in total. The first kappa shape index (κ1) is 11.9. The van der Waals surface area contributed by atoms with E-state index < -0.39 is 28.6 Å². The summed E-state index contributed by atoms with van der Waals surface area (Å²) in [5.41, 5.74) is -2.83. The van der Waals surface area contributed by atoms with E-state index in [1.165, 1.54) is 0 Å². The monoisotopic (exact) mass is 265 g/mol. The Labute approximate surface area is 96.8 Å². The standard InChI is InChI=1S/C10H4ClF4NO/c11-4-1-2-5(12)9-8(4)6(17)3-7(16-9)10(13,14)15/h1-3H,(H,16,17). The molecule has 0 aliphatic rings. The minimum Gasteiger partial charge on any atom is -0.348 e. The van der Waals surface area contributed by atoms with Crippen LogP contribution < -0.4 is 5.43 Å². The molecule has 1 aromatic carbocycles. The fraction of sp³-hybridized carbons (Fsp3) is 0.100. The molecule has 0 atom stereocenters. The summed E-state index contributed by atoms with van der Waals surface area (Å²) < 4.78 is 50.5. The lowest BCUT2D eigenvalue weighted by Gasteiger charge is -2.08. The Kier molecular flexibility index (Phi) is 2.61. The number of nitrogens with one attached hydrogen (secondary N) is 1. The van der Waals surface area contributed by atoms with Crippen molar-refractivity contribution >= 4 is 22.5 Å². The molecule has 0 fully saturated rings. The molecule has 17 heavy (non-hydrogen) atoms. The minimum atomic E-state index is -4.75. The Bertz CT molecular complexity index is 647. The predicted octanol–water partition coefficient (Wildman–Crippen LogP) is 3.34. The molecule has 0 saturated carbocycles. The summed E-state index contributed by atoms with van der Waals surface area (Å²) >= 11 is 5.63. The average molecular weight is 266 g/mol. The minimum absolute atomic E-state index is 0.101. The second-order valence-electron chi connectivity index (χ2n) is 3.32. The number of alkyl halides is 3. The van der Waals surface area contributed by atoms with Crippen LogP contribution in [0.15, 0.2) is 23.0 Å². The fourth-order valence-electron chi connectivity index (χ4n) is 1.44. The van der Waals surface area contributed by atoms with Crippen LogP contribution in [0.4, 0.5) is 17.6 Å². The van der Waals surface area contributed by atoms with Gasteiger partial charge in [-0.2, -0.15) is 13.2 Å². The van der Waals surface area contributed by atoms with Crippen LogP contribution in [0.5, 0.6) is 0 Å². The molecule has 0 saturated heterocycles. The third-order valence-corrected chi connectivity index (χ3v) is 2.51. The van der Waals surface area contributed by atoms with E-state index in [-0.39, 0.29) is 10.4 Å². The number of aromatic amines is 1. The maximum atomic E-state index is 13.3. The highest BCUT2D eigenvalue weighted by atomic mass is 35.5. The Balaban J connectivity index is 2.92. The Morgan fingerprint density at radius 1 is 1.24 bits per heavy atom. The first-order valence-corrected chi connectivity index (χ1v) is 4.77. The lowest BCUT2D eigenvalue weighted by atomic mass is 10.2. The molecule has 7 heteroatoms. The quantitative estimate of drug-likeness (QED) is 0.728. The second kappa shape index (κ2) is 3.73. The van der Waals surface area contributed by atoms with Gasteiger partial charge in [0, 0.05) is 6.07 Å². The number of pyridine rings is 1. The maximum Gasteiger partial charge on any atom is 0.431 e. The molecular weight excluding hydrogens is 262 g/mol. The van der Waals surface area contributed by atoms with Crippen LogP contribution in [0.2, 0.25) is 5.02 Å². The van der Waals surface area contributed by atoms with Crippen molar-refractivity contribution < 1.29 is 17.6 Å². The number of hydrogen-bond acceptors (Lipinski definition) is 1. The first-order valence-electron chi connectivity index (χ1n) is 4.39. The smallest absolute Gasteiger partial charge is 0.348 e. The molecule has 2 aromatic rings. The largest absolute Gasteiger partial charge is 0.431 e. The van der Waals surface area contributed by atoms with Crippen molar-refractivity contribution in [2.45, 2.75) is 6.18 Å². The highest BCUT2D eigenvalue weighted by Gasteiger charge is 2.32. The summed E-state index contributed by atoms with van der Waals surface area (Å²) in [6.07, 6.45) is -4.75. The molecule has 0 radical (unpaired) electrons. The molecule has 1 aromatic heterocycles.